The first kappa shape index (κ1) is 17.6. The van der Waals surface area contributed by atoms with E-state index in [9.17, 15) is 14.4 Å². The molecule has 0 aliphatic carbocycles. The largest absolute Gasteiger partial charge is 0.352 e. The van der Waals surface area contributed by atoms with Gasteiger partial charge in [-0.2, -0.15) is 4.48 Å². The fourth-order valence-electron chi connectivity index (χ4n) is 3.04. The van der Waals surface area contributed by atoms with Gasteiger partial charge in [-0.05, 0) is 18.6 Å². The van der Waals surface area contributed by atoms with Gasteiger partial charge in [0.2, 0.25) is 5.91 Å². The summed E-state index contributed by atoms with van der Waals surface area (Å²) in [5, 5.41) is 3.35. The molecular weight excluding hydrogens is 316 g/mol. The molecule has 5 nitrogen and oxygen atoms in total. The summed E-state index contributed by atoms with van der Waals surface area (Å²) in [6.07, 6.45) is 2.64. The lowest BCUT2D eigenvalue weighted by Gasteiger charge is -2.28. The second kappa shape index (κ2) is 7.70. The minimum absolute atomic E-state index is 0.00573. The molecule has 1 aromatic carbocycles. The van der Waals surface area contributed by atoms with Crippen molar-refractivity contribution in [3.63, 3.8) is 0 Å². The third kappa shape index (κ3) is 3.98. The monoisotopic (exact) mass is 337 g/mol. The molecular formula is C17H22ClN2O3+. The molecule has 1 aliphatic rings. The summed E-state index contributed by atoms with van der Waals surface area (Å²) in [5.41, 5.74) is 0.832. The summed E-state index contributed by atoms with van der Waals surface area (Å²) in [6, 6.07) is 7.28. The van der Waals surface area contributed by atoms with Crippen molar-refractivity contribution in [3.8, 4) is 0 Å². The van der Waals surface area contributed by atoms with E-state index in [0.717, 1.165) is 24.8 Å². The smallest absolute Gasteiger partial charge is 0.321 e. The van der Waals surface area contributed by atoms with E-state index in [1.165, 1.54) is 0 Å². The number of carbonyl (C=O) groups excluding carboxylic acids is 3. The van der Waals surface area contributed by atoms with Gasteiger partial charge in [0.15, 0.2) is 0 Å². The van der Waals surface area contributed by atoms with Crippen LogP contribution in [0.15, 0.2) is 24.3 Å². The number of amides is 3. The first-order chi connectivity index (χ1) is 11.0. The fraction of sp³-hybridized carbons (Fsp3) is 0.471. The van der Waals surface area contributed by atoms with Crippen molar-refractivity contribution in [3.05, 3.63) is 34.9 Å². The quantitative estimate of drug-likeness (QED) is 0.640. The lowest BCUT2D eigenvalue weighted by Crippen LogP contribution is -2.54. The van der Waals surface area contributed by atoms with Crippen LogP contribution in [0.2, 0.25) is 5.02 Å². The van der Waals surface area contributed by atoms with Crippen molar-refractivity contribution in [1.29, 1.82) is 0 Å². The lowest BCUT2D eigenvalue weighted by molar-refractivity contribution is -0.780. The number of imide groups is 1. The number of hydrogen-bond acceptors (Lipinski definition) is 3. The molecule has 0 saturated carbocycles. The number of hydrogen-bond donors (Lipinski definition) is 1. The average Bonchev–Trinajstić information content (AvgIpc) is 2.93. The number of carbonyl (C=O) groups is 3. The Labute approximate surface area is 141 Å². The van der Waals surface area contributed by atoms with Crippen LogP contribution in [0.3, 0.4) is 0 Å². The summed E-state index contributed by atoms with van der Waals surface area (Å²) in [7, 11) is 0. The highest BCUT2D eigenvalue weighted by molar-refractivity contribution is 6.31. The van der Waals surface area contributed by atoms with Gasteiger partial charge in [-0.25, -0.2) is 9.59 Å². The Balaban J connectivity index is 1.83. The number of benzene rings is 1. The van der Waals surface area contributed by atoms with Crippen LogP contribution in [-0.4, -0.2) is 35.3 Å². The van der Waals surface area contributed by atoms with Crippen LogP contribution in [0.25, 0.3) is 0 Å². The predicted octanol–water partition coefficient (Wildman–Crippen LogP) is 2.42. The molecule has 124 valence electrons. The van der Waals surface area contributed by atoms with E-state index in [1.807, 2.05) is 25.1 Å². The fourth-order valence-corrected chi connectivity index (χ4v) is 3.24. The van der Waals surface area contributed by atoms with Crippen molar-refractivity contribution >= 4 is 29.8 Å². The van der Waals surface area contributed by atoms with E-state index in [0.29, 0.717) is 18.1 Å². The lowest BCUT2D eigenvalue weighted by atomic mass is 10.2. The van der Waals surface area contributed by atoms with Gasteiger partial charge in [-0.15, -0.1) is 0 Å². The number of halogens is 1. The zero-order chi connectivity index (χ0) is 16.9. The Bertz CT molecular complexity index is 605. The minimum atomic E-state index is -0.214. The molecule has 1 N–H and O–H groups in total. The van der Waals surface area contributed by atoms with Gasteiger partial charge >= 0.3 is 12.3 Å². The molecule has 0 aromatic heterocycles. The molecule has 2 atom stereocenters. The predicted molar refractivity (Wildman–Crippen MR) is 87.4 cm³/mol. The number of quaternary nitrogens is 1. The van der Waals surface area contributed by atoms with E-state index in [1.54, 1.807) is 6.07 Å². The van der Waals surface area contributed by atoms with Crippen LogP contribution in [0, 0.1) is 0 Å². The molecule has 0 spiro atoms. The van der Waals surface area contributed by atoms with Gasteiger partial charge in [0.05, 0.1) is 13.0 Å². The second-order valence-electron chi connectivity index (χ2n) is 6.01. The average molecular weight is 338 g/mol. The summed E-state index contributed by atoms with van der Waals surface area (Å²) in [6.45, 7) is 2.79. The van der Waals surface area contributed by atoms with E-state index >= 15 is 0 Å². The molecule has 1 aromatic rings. The Morgan fingerprint density at radius 2 is 2.09 bits per heavy atom. The van der Waals surface area contributed by atoms with Gasteiger partial charge in [-0.3, -0.25) is 4.79 Å². The third-order valence-corrected chi connectivity index (χ3v) is 4.96. The molecule has 0 bridgehead atoms. The number of nitrogens with zero attached hydrogens (tertiary/aromatic N) is 1. The van der Waals surface area contributed by atoms with Crippen LogP contribution in [0.5, 0.6) is 0 Å². The minimum Gasteiger partial charge on any atom is -0.352 e. The van der Waals surface area contributed by atoms with Crippen molar-refractivity contribution < 1.29 is 18.9 Å². The Morgan fingerprint density at radius 1 is 1.35 bits per heavy atom. The standard InChI is InChI=1S/C17H21ClN2O3/c1-13-5-4-10-20(13,12-21)17(23)9-8-16(22)19-11-14-6-2-3-7-15(14)18/h2-3,6-7,12-13H,4-5,8-11H2,1H3/p+1/t13-,20?/m1/s1. The third-order valence-electron chi connectivity index (χ3n) is 4.59. The highest BCUT2D eigenvalue weighted by atomic mass is 35.5. The van der Waals surface area contributed by atoms with Crippen LogP contribution >= 0.6 is 11.6 Å². The summed E-state index contributed by atoms with van der Waals surface area (Å²) >= 11 is 6.03. The zero-order valence-electron chi connectivity index (χ0n) is 13.3. The van der Waals surface area contributed by atoms with Crippen LogP contribution < -0.4 is 5.32 Å². The molecule has 6 heteroatoms. The zero-order valence-corrected chi connectivity index (χ0v) is 14.0. The maximum absolute atomic E-state index is 12.4. The summed E-state index contributed by atoms with van der Waals surface area (Å²) < 4.78 is -0.141. The summed E-state index contributed by atoms with van der Waals surface area (Å²) in [4.78, 5) is 35.7. The van der Waals surface area contributed by atoms with Gasteiger partial charge in [-0.1, -0.05) is 29.8 Å². The first-order valence-electron chi connectivity index (χ1n) is 7.87. The molecule has 1 fully saturated rings. The Morgan fingerprint density at radius 3 is 2.70 bits per heavy atom. The molecule has 23 heavy (non-hydrogen) atoms. The van der Waals surface area contributed by atoms with Crippen LogP contribution in [0.4, 0.5) is 0 Å². The van der Waals surface area contributed by atoms with E-state index < -0.39 is 0 Å². The highest BCUT2D eigenvalue weighted by Crippen LogP contribution is 2.26. The SMILES string of the molecule is C[C@@H]1CCC[N+]1(C=O)C(=O)CCC(=O)NCc1ccccc1Cl. The van der Waals surface area contributed by atoms with Gasteiger partial charge < -0.3 is 5.32 Å². The van der Waals surface area contributed by atoms with E-state index in [-0.39, 0.29) is 35.2 Å². The van der Waals surface area contributed by atoms with Gasteiger partial charge in [0, 0.05) is 30.8 Å². The molecule has 1 unspecified atom stereocenters. The summed E-state index contributed by atoms with van der Waals surface area (Å²) in [5.74, 6) is -0.382. The molecule has 0 radical (unpaired) electrons. The normalized spacial score (nSPS) is 23.5. The molecule has 1 saturated heterocycles. The molecule has 1 aliphatic heterocycles. The van der Waals surface area contributed by atoms with Crippen LogP contribution in [0.1, 0.15) is 38.2 Å². The van der Waals surface area contributed by atoms with E-state index in [4.69, 9.17) is 11.6 Å². The first-order valence-corrected chi connectivity index (χ1v) is 8.24. The molecule has 2 rings (SSSR count). The van der Waals surface area contributed by atoms with Crippen molar-refractivity contribution in [2.45, 2.75) is 45.2 Å². The second-order valence-corrected chi connectivity index (χ2v) is 6.42. The number of rotatable bonds is 6. The van der Waals surface area contributed by atoms with E-state index in [2.05, 4.69) is 5.32 Å². The maximum atomic E-state index is 12.4. The van der Waals surface area contributed by atoms with Gasteiger partial charge in [0.1, 0.15) is 6.04 Å². The topological polar surface area (TPSA) is 63.2 Å². The van der Waals surface area contributed by atoms with Crippen molar-refractivity contribution in [2.24, 2.45) is 0 Å². The highest BCUT2D eigenvalue weighted by Gasteiger charge is 2.45. The Hall–Kier alpha value is -1.72. The van der Waals surface area contributed by atoms with Gasteiger partial charge in [0.25, 0.3) is 0 Å². The van der Waals surface area contributed by atoms with Crippen molar-refractivity contribution in [1.82, 2.24) is 5.32 Å². The Kier molecular flexibility index (Phi) is 5.91. The maximum Gasteiger partial charge on any atom is 0.321 e. The number of likely N-dealkylation sites (tertiary alicyclic amines) is 1. The van der Waals surface area contributed by atoms with Crippen LogP contribution in [-0.2, 0) is 20.9 Å². The molecule has 1 heterocycles. The van der Waals surface area contributed by atoms with Crippen molar-refractivity contribution in [2.75, 3.05) is 6.54 Å². The number of nitrogens with one attached hydrogen (secondary N) is 1. The molecule has 3 amide bonds.